The number of ether oxygens (including phenoxy) is 1. The Labute approximate surface area is 120 Å². The quantitative estimate of drug-likeness (QED) is 0.785. The average molecular weight is 302 g/mol. The van der Waals surface area contributed by atoms with Gasteiger partial charge in [-0.15, -0.1) is 0 Å². The molecule has 1 amide bonds. The molecule has 1 aromatic rings. The van der Waals surface area contributed by atoms with E-state index in [2.05, 4.69) is 4.74 Å². The molecule has 116 valence electrons. The van der Waals surface area contributed by atoms with Gasteiger partial charge in [0.1, 0.15) is 5.75 Å². The van der Waals surface area contributed by atoms with Crippen molar-refractivity contribution in [3.8, 4) is 5.75 Å². The molecule has 21 heavy (non-hydrogen) atoms. The number of carboxylic acids is 1. The van der Waals surface area contributed by atoms with Crippen LogP contribution in [0.2, 0.25) is 0 Å². The van der Waals surface area contributed by atoms with Gasteiger partial charge in [-0.25, -0.2) is 0 Å². The fraction of sp³-hybridized carbons (Fsp3) is 0.385. The lowest BCUT2D eigenvalue weighted by atomic mass is 10.1. The minimum atomic E-state index is -2.89. The van der Waals surface area contributed by atoms with Gasteiger partial charge in [0.05, 0.1) is 12.5 Å². The summed E-state index contributed by atoms with van der Waals surface area (Å²) in [4.78, 5) is 23.6. The molecule has 3 N–H and O–H groups in total. The number of rotatable bonds is 7. The number of alkyl halides is 2. The van der Waals surface area contributed by atoms with Crippen molar-refractivity contribution < 1.29 is 28.2 Å². The van der Waals surface area contributed by atoms with E-state index in [0.29, 0.717) is 5.56 Å². The Morgan fingerprint density at radius 1 is 1.33 bits per heavy atom. The van der Waals surface area contributed by atoms with Crippen LogP contribution in [0.4, 0.5) is 8.78 Å². The second kappa shape index (κ2) is 7.53. The molecule has 0 spiro atoms. The number of aliphatic carboxylic acids is 1. The predicted octanol–water partition coefficient (Wildman–Crippen LogP) is 1.05. The summed E-state index contributed by atoms with van der Waals surface area (Å²) in [6.07, 6.45) is -0.454. The van der Waals surface area contributed by atoms with Crippen LogP contribution in [0.1, 0.15) is 12.0 Å². The molecule has 1 atom stereocenters. The summed E-state index contributed by atoms with van der Waals surface area (Å²) in [5.74, 6) is -1.65. The van der Waals surface area contributed by atoms with E-state index in [9.17, 15) is 18.4 Å². The van der Waals surface area contributed by atoms with Crippen LogP contribution in [-0.2, 0) is 16.1 Å². The van der Waals surface area contributed by atoms with E-state index >= 15 is 0 Å². The molecule has 0 aliphatic carbocycles. The van der Waals surface area contributed by atoms with Crippen LogP contribution in [-0.4, -0.2) is 41.6 Å². The van der Waals surface area contributed by atoms with Crippen molar-refractivity contribution in [1.82, 2.24) is 4.90 Å². The van der Waals surface area contributed by atoms with Crippen LogP contribution in [0.15, 0.2) is 24.3 Å². The normalized spacial score (nSPS) is 12.0. The molecule has 1 aromatic carbocycles. The first kappa shape index (κ1) is 16.8. The van der Waals surface area contributed by atoms with Crippen LogP contribution < -0.4 is 10.5 Å². The summed E-state index contributed by atoms with van der Waals surface area (Å²) in [5.41, 5.74) is 6.15. The fourth-order valence-corrected chi connectivity index (χ4v) is 1.69. The van der Waals surface area contributed by atoms with Crippen molar-refractivity contribution in [2.45, 2.75) is 25.6 Å². The molecule has 0 aliphatic heterocycles. The lowest BCUT2D eigenvalue weighted by Gasteiger charge is -2.20. The molecule has 0 saturated heterocycles. The third-order valence-electron chi connectivity index (χ3n) is 2.66. The number of hydrogen-bond donors (Lipinski definition) is 2. The van der Waals surface area contributed by atoms with Gasteiger partial charge in [-0.05, 0) is 17.7 Å². The Balaban J connectivity index is 2.59. The van der Waals surface area contributed by atoms with E-state index in [1.165, 1.54) is 36.2 Å². The van der Waals surface area contributed by atoms with Gasteiger partial charge in [0.2, 0.25) is 5.91 Å². The highest BCUT2D eigenvalue weighted by atomic mass is 19.3. The smallest absolute Gasteiger partial charge is 0.387 e. The minimum Gasteiger partial charge on any atom is -0.481 e. The number of halogens is 2. The number of carbonyl (C=O) groups excluding carboxylic acids is 1. The Kier molecular flexibility index (Phi) is 6.04. The number of nitrogens with two attached hydrogens (primary N) is 1. The van der Waals surface area contributed by atoms with Crippen LogP contribution >= 0.6 is 0 Å². The molecule has 0 aliphatic rings. The molecule has 0 bridgehead atoms. The Bertz CT molecular complexity index is 493. The zero-order valence-electron chi connectivity index (χ0n) is 11.3. The number of benzene rings is 1. The van der Waals surface area contributed by atoms with E-state index in [1.807, 2.05) is 0 Å². The molecule has 0 aromatic heterocycles. The number of carboxylic acid groups (broad SMARTS) is 1. The maximum absolute atomic E-state index is 12.0. The molecule has 0 heterocycles. The average Bonchev–Trinajstić information content (AvgIpc) is 2.38. The van der Waals surface area contributed by atoms with Gasteiger partial charge in [-0.3, -0.25) is 9.59 Å². The van der Waals surface area contributed by atoms with Gasteiger partial charge < -0.3 is 20.5 Å². The van der Waals surface area contributed by atoms with Crippen LogP contribution in [0.25, 0.3) is 0 Å². The number of nitrogens with zero attached hydrogens (tertiary/aromatic N) is 1. The van der Waals surface area contributed by atoms with Gasteiger partial charge in [-0.2, -0.15) is 8.78 Å². The molecular weight excluding hydrogens is 286 g/mol. The molecule has 1 unspecified atom stereocenters. The second-order valence-corrected chi connectivity index (χ2v) is 4.42. The molecule has 0 saturated carbocycles. The van der Waals surface area contributed by atoms with Crippen LogP contribution in [0, 0.1) is 0 Å². The third kappa shape index (κ3) is 5.74. The summed E-state index contributed by atoms with van der Waals surface area (Å²) >= 11 is 0. The molecule has 8 heteroatoms. The van der Waals surface area contributed by atoms with Gasteiger partial charge >= 0.3 is 12.6 Å². The summed E-state index contributed by atoms with van der Waals surface area (Å²) in [5, 5.41) is 8.58. The highest BCUT2D eigenvalue weighted by Crippen LogP contribution is 2.16. The molecule has 6 nitrogen and oxygen atoms in total. The summed E-state index contributed by atoms with van der Waals surface area (Å²) in [7, 11) is 1.48. The van der Waals surface area contributed by atoms with E-state index in [0.717, 1.165) is 0 Å². The van der Waals surface area contributed by atoms with E-state index < -0.39 is 31.0 Å². The second-order valence-electron chi connectivity index (χ2n) is 4.42. The van der Waals surface area contributed by atoms with Gasteiger partial charge in [0.15, 0.2) is 0 Å². The Hall–Kier alpha value is -2.22. The summed E-state index contributed by atoms with van der Waals surface area (Å²) < 4.78 is 28.2. The van der Waals surface area contributed by atoms with E-state index in [1.54, 1.807) is 0 Å². The molecule has 0 fully saturated rings. The topological polar surface area (TPSA) is 92.9 Å². The summed E-state index contributed by atoms with van der Waals surface area (Å²) in [6, 6.07) is 4.66. The Morgan fingerprint density at radius 3 is 2.38 bits per heavy atom. The largest absolute Gasteiger partial charge is 0.481 e. The lowest BCUT2D eigenvalue weighted by Crippen LogP contribution is -2.42. The Morgan fingerprint density at radius 2 is 1.90 bits per heavy atom. The minimum absolute atomic E-state index is 0.0188. The fourth-order valence-electron chi connectivity index (χ4n) is 1.69. The zero-order valence-corrected chi connectivity index (χ0v) is 11.3. The van der Waals surface area contributed by atoms with Crippen molar-refractivity contribution in [3.05, 3.63) is 29.8 Å². The first-order valence-corrected chi connectivity index (χ1v) is 6.05. The number of hydrogen-bond acceptors (Lipinski definition) is 4. The predicted molar refractivity (Wildman–Crippen MR) is 69.8 cm³/mol. The first-order chi connectivity index (χ1) is 9.79. The number of amides is 1. The van der Waals surface area contributed by atoms with Gasteiger partial charge in [0, 0.05) is 13.6 Å². The first-order valence-electron chi connectivity index (χ1n) is 6.05. The highest BCUT2D eigenvalue weighted by Gasteiger charge is 2.20. The number of carbonyl (C=O) groups is 2. The van der Waals surface area contributed by atoms with Crippen molar-refractivity contribution in [3.63, 3.8) is 0 Å². The highest BCUT2D eigenvalue weighted by molar-refractivity contribution is 5.85. The number of likely N-dealkylation sites (N-methyl/N-ethyl adjacent to an activating group) is 1. The van der Waals surface area contributed by atoms with Crippen LogP contribution in [0.3, 0.4) is 0 Å². The molecular formula is C13H16F2N2O4. The van der Waals surface area contributed by atoms with Crippen LogP contribution in [0.5, 0.6) is 5.75 Å². The van der Waals surface area contributed by atoms with Gasteiger partial charge in [0.25, 0.3) is 0 Å². The summed E-state index contributed by atoms with van der Waals surface area (Å²) in [6.45, 7) is -2.71. The van der Waals surface area contributed by atoms with Crippen molar-refractivity contribution in [1.29, 1.82) is 0 Å². The van der Waals surface area contributed by atoms with Crippen molar-refractivity contribution >= 4 is 11.9 Å². The maximum Gasteiger partial charge on any atom is 0.387 e. The van der Waals surface area contributed by atoms with Crippen molar-refractivity contribution in [2.24, 2.45) is 5.73 Å². The SMILES string of the molecule is CN(Cc1ccc(OC(F)F)cc1)C(=O)C(N)CC(=O)O. The lowest BCUT2D eigenvalue weighted by molar-refractivity contribution is -0.141. The molecule has 0 radical (unpaired) electrons. The monoisotopic (exact) mass is 302 g/mol. The standard InChI is InChI=1S/C13H16F2N2O4/c1-17(12(20)10(16)6-11(18)19)7-8-2-4-9(5-3-8)21-13(14)15/h2-5,10,13H,6-7,16H2,1H3,(H,18,19). The molecule has 1 rings (SSSR count). The van der Waals surface area contributed by atoms with E-state index in [4.69, 9.17) is 10.8 Å². The van der Waals surface area contributed by atoms with Crippen molar-refractivity contribution in [2.75, 3.05) is 7.05 Å². The maximum atomic E-state index is 12.0. The van der Waals surface area contributed by atoms with Gasteiger partial charge in [-0.1, -0.05) is 12.1 Å². The zero-order chi connectivity index (χ0) is 16.0. The third-order valence-corrected chi connectivity index (χ3v) is 2.66. The van der Waals surface area contributed by atoms with E-state index in [-0.39, 0.29) is 12.3 Å².